The lowest BCUT2D eigenvalue weighted by atomic mass is 10.0. The van der Waals surface area contributed by atoms with Crippen molar-refractivity contribution in [1.29, 1.82) is 0 Å². The number of hydrogen-bond donors (Lipinski definition) is 1. The molecule has 0 saturated heterocycles. The molecular weight excluding hydrogens is 364 g/mol. The average molecular weight is 386 g/mol. The number of ether oxygens (including phenoxy) is 1. The van der Waals surface area contributed by atoms with Gasteiger partial charge in [0, 0.05) is 6.42 Å². The standard InChI is InChI=1S/C24H22N2O3/c27-21-12-10-18(11-13-21)23-14-15-26(25-23)24(28)16-19-6-4-5-7-20(19)17-29-22-8-2-1-3-9-22/h1-13,27H,14-17H2. The second-order valence-electron chi connectivity index (χ2n) is 6.91. The summed E-state index contributed by atoms with van der Waals surface area (Å²) >= 11 is 0. The van der Waals surface area contributed by atoms with Crippen LogP contribution >= 0.6 is 0 Å². The first-order valence-electron chi connectivity index (χ1n) is 9.61. The minimum atomic E-state index is -0.0362. The summed E-state index contributed by atoms with van der Waals surface area (Å²) < 4.78 is 5.85. The number of rotatable bonds is 6. The van der Waals surface area contributed by atoms with Crippen LogP contribution in [-0.4, -0.2) is 28.3 Å². The van der Waals surface area contributed by atoms with Gasteiger partial charge in [-0.2, -0.15) is 5.10 Å². The molecule has 0 aromatic heterocycles. The van der Waals surface area contributed by atoms with Crippen LogP contribution in [0.3, 0.4) is 0 Å². The van der Waals surface area contributed by atoms with Gasteiger partial charge in [0.25, 0.3) is 0 Å². The number of hydrogen-bond acceptors (Lipinski definition) is 4. The van der Waals surface area contributed by atoms with Crippen LogP contribution in [0.1, 0.15) is 23.1 Å². The number of para-hydroxylation sites is 1. The first-order chi connectivity index (χ1) is 14.2. The number of carbonyl (C=O) groups is 1. The Kier molecular flexibility index (Phi) is 5.56. The van der Waals surface area contributed by atoms with Crippen molar-refractivity contribution in [3.05, 3.63) is 95.6 Å². The first kappa shape index (κ1) is 18.7. The van der Waals surface area contributed by atoms with E-state index in [0.29, 0.717) is 19.6 Å². The van der Waals surface area contributed by atoms with Gasteiger partial charge in [-0.15, -0.1) is 0 Å². The molecule has 1 aliphatic heterocycles. The number of carbonyl (C=O) groups excluding carboxylic acids is 1. The van der Waals surface area contributed by atoms with Crippen molar-refractivity contribution in [3.63, 3.8) is 0 Å². The Labute approximate surface area is 169 Å². The molecule has 3 aromatic rings. The maximum absolute atomic E-state index is 12.8. The Morgan fingerprint density at radius 2 is 1.62 bits per heavy atom. The SMILES string of the molecule is O=C(Cc1ccccc1COc1ccccc1)N1CCC(c2ccc(O)cc2)=N1. The van der Waals surface area contributed by atoms with E-state index in [0.717, 1.165) is 28.2 Å². The lowest BCUT2D eigenvalue weighted by Crippen LogP contribution is -2.25. The highest BCUT2D eigenvalue weighted by Crippen LogP contribution is 2.19. The van der Waals surface area contributed by atoms with Crippen molar-refractivity contribution in [3.8, 4) is 11.5 Å². The van der Waals surface area contributed by atoms with Crippen LogP contribution in [-0.2, 0) is 17.8 Å². The molecule has 1 aliphatic rings. The third kappa shape index (κ3) is 4.63. The molecule has 1 amide bonds. The van der Waals surface area contributed by atoms with Gasteiger partial charge in [-0.25, -0.2) is 5.01 Å². The zero-order chi connectivity index (χ0) is 20.1. The van der Waals surface area contributed by atoms with E-state index in [1.807, 2.05) is 66.7 Å². The monoisotopic (exact) mass is 386 g/mol. The molecule has 0 fully saturated rings. The molecule has 0 aliphatic carbocycles. The Morgan fingerprint density at radius 3 is 2.38 bits per heavy atom. The molecule has 5 nitrogen and oxygen atoms in total. The number of phenolic OH excluding ortho intramolecular Hbond substituents is 1. The molecule has 0 saturated carbocycles. The van der Waals surface area contributed by atoms with Crippen LogP contribution in [0.4, 0.5) is 0 Å². The number of amides is 1. The fraction of sp³-hybridized carbons (Fsp3) is 0.167. The zero-order valence-corrected chi connectivity index (χ0v) is 16.0. The minimum Gasteiger partial charge on any atom is -0.508 e. The fourth-order valence-electron chi connectivity index (χ4n) is 3.30. The largest absolute Gasteiger partial charge is 0.508 e. The van der Waals surface area contributed by atoms with Crippen LogP contribution in [0, 0.1) is 0 Å². The normalized spacial score (nSPS) is 13.2. The number of nitrogens with zero attached hydrogens (tertiary/aromatic N) is 2. The van der Waals surface area contributed by atoms with Crippen molar-refractivity contribution in [1.82, 2.24) is 5.01 Å². The molecule has 29 heavy (non-hydrogen) atoms. The molecule has 0 bridgehead atoms. The summed E-state index contributed by atoms with van der Waals surface area (Å²) in [7, 11) is 0. The fourth-order valence-corrected chi connectivity index (χ4v) is 3.30. The van der Waals surface area contributed by atoms with Gasteiger partial charge in [0.05, 0.1) is 18.7 Å². The van der Waals surface area contributed by atoms with Crippen molar-refractivity contribution in [2.45, 2.75) is 19.4 Å². The summed E-state index contributed by atoms with van der Waals surface area (Å²) in [5.74, 6) is 0.983. The van der Waals surface area contributed by atoms with Gasteiger partial charge in [-0.1, -0.05) is 42.5 Å². The highest BCUT2D eigenvalue weighted by molar-refractivity contribution is 6.02. The van der Waals surface area contributed by atoms with E-state index >= 15 is 0 Å². The van der Waals surface area contributed by atoms with Crippen molar-refractivity contribution < 1.29 is 14.6 Å². The van der Waals surface area contributed by atoms with Crippen LogP contribution < -0.4 is 4.74 Å². The molecule has 0 spiro atoms. The summed E-state index contributed by atoms with van der Waals surface area (Å²) in [5, 5.41) is 15.5. The van der Waals surface area contributed by atoms with Gasteiger partial charge in [-0.05, 0) is 53.1 Å². The number of phenols is 1. The topological polar surface area (TPSA) is 62.1 Å². The molecule has 1 heterocycles. The third-order valence-electron chi connectivity index (χ3n) is 4.89. The Morgan fingerprint density at radius 1 is 0.931 bits per heavy atom. The summed E-state index contributed by atoms with van der Waals surface area (Å²) in [4.78, 5) is 12.8. The lowest BCUT2D eigenvalue weighted by Gasteiger charge is -2.14. The highest BCUT2D eigenvalue weighted by Gasteiger charge is 2.22. The van der Waals surface area contributed by atoms with Gasteiger partial charge in [0.15, 0.2) is 0 Å². The van der Waals surface area contributed by atoms with E-state index in [9.17, 15) is 9.90 Å². The smallest absolute Gasteiger partial charge is 0.247 e. The Hall–Kier alpha value is -3.60. The van der Waals surface area contributed by atoms with Crippen LogP contribution in [0.5, 0.6) is 11.5 Å². The van der Waals surface area contributed by atoms with E-state index in [-0.39, 0.29) is 18.1 Å². The van der Waals surface area contributed by atoms with Gasteiger partial charge in [-0.3, -0.25) is 4.79 Å². The maximum atomic E-state index is 12.8. The molecule has 5 heteroatoms. The molecule has 0 atom stereocenters. The van der Waals surface area contributed by atoms with Gasteiger partial charge in [0.1, 0.15) is 18.1 Å². The maximum Gasteiger partial charge on any atom is 0.247 e. The Balaban J connectivity index is 1.43. The molecule has 4 rings (SSSR count). The second-order valence-corrected chi connectivity index (χ2v) is 6.91. The zero-order valence-electron chi connectivity index (χ0n) is 16.0. The van der Waals surface area contributed by atoms with E-state index < -0.39 is 0 Å². The van der Waals surface area contributed by atoms with E-state index in [1.165, 1.54) is 5.01 Å². The molecule has 1 N–H and O–H groups in total. The highest BCUT2D eigenvalue weighted by atomic mass is 16.5. The summed E-state index contributed by atoms with van der Waals surface area (Å²) in [6.07, 6.45) is 0.982. The Bertz CT molecular complexity index is 1010. The van der Waals surface area contributed by atoms with E-state index in [4.69, 9.17) is 4.74 Å². The van der Waals surface area contributed by atoms with Gasteiger partial charge >= 0.3 is 0 Å². The quantitative estimate of drug-likeness (QED) is 0.692. The average Bonchev–Trinajstić information content (AvgIpc) is 3.25. The van der Waals surface area contributed by atoms with Crippen molar-refractivity contribution in [2.75, 3.05) is 6.54 Å². The molecule has 146 valence electrons. The molecule has 0 unspecified atom stereocenters. The summed E-state index contributed by atoms with van der Waals surface area (Å²) in [6, 6.07) is 24.4. The van der Waals surface area contributed by atoms with Crippen LogP contribution in [0.2, 0.25) is 0 Å². The van der Waals surface area contributed by atoms with E-state index in [2.05, 4.69) is 5.10 Å². The molecule has 0 radical (unpaired) electrons. The van der Waals surface area contributed by atoms with E-state index in [1.54, 1.807) is 12.1 Å². The van der Waals surface area contributed by atoms with Crippen molar-refractivity contribution in [2.24, 2.45) is 5.10 Å². The molecule has 3 aromatic carbocycles. The molecular formula is C24H22N2O3. The van der Waals surface area contributed by atoms with Gasteiger partial charge < -0.3 is 9.84 Å². The minimum absolute atomic E-state index is 0.0362. The summed E-state index contributed by atoms with van der Waals surface area (Å²) in [6.45, 7) is 0.979. The number of aromatic hydroxyl groups is 1. The lowest BCUT2D eigenvalue weighted by molar-refractivity contribution is -0.130. The predicted octanol–water partition coefficient (Wildman–Crippen LogP) is 4.15. The van der Waals surface area contributed by atoms with Crippen molar-refractivity contribution >= 4 is 11.6 Å². The number of hydrazone groups is 1. The number of benzene rings is 3. The van der Waals surface area contributed by atoms with Crippen LogP contribution in [0.25, 0.3) is 0 Å². The van der Waals surface area contributed by atoms with Crippen LogP contribution in [0.15, 0.2) is 84.0 Å². The van der Waals surface area contributed by atoms with Gasteiger partial charge in [0.2, 0.25) is 5.91 Å². The third-order valence-corrected chi connectivity index (χ3v) is 4.89. The second kappa shape index (κ2) is 8.61. The predicted molar refractivity (Wildman–Crippen MR) is 112 cm³/mol. The summed E-state index contributed by atoms with van der Waals surface area (Å²) in [5.41, 5.74) is 3.72. The first-order valence-corrected chi connectivity index (χ1v) is 9.61.